The topological polar surface area (TPSA) is 56.1 Å². The molecule has 2 atom stereocenters. The van der Waals surface area contributed by atoms with E-state index in [2.05, 4.69) is 25.8 Å². The normalized spacial score (nSPS) is 21.7. The SMILES string of the molecule is N#Cc1cccnc1N1CC2CN(c3nc4c(F)cc(F)cc4s3)CC2C1. The Morgan fingerprint density at radius 3 is 2.59 bits per heavy atom. The molecular formula is C19H15F2N5S. The smallest absolute Gasteiger partial charge is 0.186 e. The number of thiazole rings is 1. The fraction of sp³-hybridized carbons (Fsp3) is 0.316. The largest absolute Gasteiger partial charge is 0.355 e. The Kier molecular flexibility index (Phi) is 3.72. The third-order valence-electron chi connectivity index (χ3n) is 5.37. The standard InChI is InChI=1S/C19H15F2N5S/c20-14-4-15(21)17-16(5-14)27-19(24-17)26-9-12-7-25(8-13(12)10-26)18-11(6-22)2-1-3-23-18/h1-5,12-13H,7-10H2. The highest BCUT2D eigenvalue weighted by molar-refractivity contribution is 7.22. The lowest BCUT2D eigenvalue weighted by molar-refractivity contribution is 0.533. The lowest BCUT2D eigenvalue weighted by Crippen LogP contribution is -2.29. The van der Waals surface area contributed by atoms with Gasteiger partial charge in [0.25, 0.3) is 0 Å². The molecule has 0 spiro atoms. The van der Waals surface area contributed by atoms with E-state index >= 15 is 0 Å². The Morgan fingerprint density at radius 1 is 1.11 bits per heavy atom. The molecule has 2 aromatic heterocycles. The zero-order valence-corrected chi connectivity index (χ0v) is 15.1. The van der Waals surface area contributed by atoms with Crippen LogP contribution in [-0.2, 0) is 0 Å². The van der Waals surface area contributed by atoms with E-state index in [1.807, 2.05) is 0 Å². The van der Waals surface area contributed by atoms with Crippen LogP contribution < -0.4 is 9.80 Å². The molecule has 5 rings (SSSR count). The molecule has 27 heavy (non-hydrogen) atoms. The minimum atomic E-state index is -0.614. The lowest BCUT2D eigenvalue weighted by atomic mass is 10.0. The average molecular weight is 383 g/mol. The Morgan fingerprint density at radius 2 is 1.85 bits per heavy atom. The Bertz CT molecular complexity index is 1060. The van der Waals surface area contributed by atoms with Crippen LogP contribution in [0.15, 0.2) is 30.5 Å². The minimum absolute atomic E-state index is 0.238. The number of benzene rings is 1. The second-order valence-electron chi connectivity index (χ2n) is 7.05. The van der Waals surface area contributed by atoms with Gasteiger partial charge in [-0.05, 0) is 18.2 Å². The molecule has 0 N–H and O–H groups in total. The molecule has 2 fully saturated rings. The number of pyridine rings is 1. The highest BCUT2D eigenvalue weighted by atomic mass is 32.1. The van der Waals surface area contributed by atoms with Gasteiger partial charge in [0.2, 0.25) is 0 Å². The van der Waals surface area contributed by atoms with Crippen molar-refractivity contribution in [3.63, 3.8) is 0 Å². The summed E-state index contributed by atoms with van der Waals surface area (Å²) in [5.74, 6) is 0.433. The lowest BCUT2D eigenvalue weighted by Gasteiger charge is -2.22. The second kappa shape index (κ2) is 6.13. The summed E-state index contributed by atoms with van der Waals surface area (Å²) in [5.41, 5.74) is 0.834. The Labute approximate surface area is 158 Å². The van der Waals surface area contributed by atoms with Crippen LogP contribution in [0.25, 0.3) is 10.2 Å². The van der Waals surface area contributed by atoms with Crippen LogP contribution in [-0.4, -0.2) is 36.1 Å². The quantitative estimate of drug-likeness (QED) is 0.679. The van der Waals surface area contributed by atoms with Crippen molar-refractivity contribution >= 4 is 32.5 Å². The fourth-order valence-electron chi connectivity index (χ4n) is 4.14. The van der Waals surface area contributed by atoms with E-state index in [0.29, 0.717) is 22.1 Å². The number of hydrogen-bond acceptors (Lipinski definition) is 6. The maximum Gasteiger partial charge on any atom is 0.186 e. The van der Waals surface area contributed by atoms with Crippen molar-refractivity contribution in [3.8, 4) is 6.07 Å². The van der Waals surface area contributed by atoms with Crippen LogP contribution in [0.4, 0.5) is 19.7 Å². The summed E-state index contributed by atoms with van der Waals surface area (Å²) in [6.07, 6.45) is 1.71. The van der Waals surface area contributed by atoms with E-state index < -0.39 is 11.6 Å². The summed E-state index contributed by atoms with van der Waals surface area (Å²) in [6.45, 7) is 3.31. The van der Waals surface area contributed by atoms with Crippen LogP contribution >= 0.6 is 11.3 Å². The predicted molar refractivity (Wildman–Crippen MR) is 99.9 cm³/mol. The minimum Gasteiger partial charge on any atom is -0.355 e. The van der Waals surface area contributed by atoms with Crippen LogP contribution in [0.5, 0.6) is 0 Å². The predicted octanol–water partition coefficient (Wildman–Crippen LogP) is 3.41. The van der Waals surface area contributed by atoms with Crippen LogP contribution in [0.3, 0.4) is 0 Å². The molecule has 2 saturated heterocycles. The molecule has 2 unspecified atom stereocenters. The molecule has 0 amide bonds. The first-order valence-corrected chi connectivity index (χ1v) is 9.54. The molecule has 2 aliphatic rings. The van der Waals surface area contributed by atoms with Gasteiger partial charge in [-0.2, -0.15) is 5.26 Å². The highest BCUT2D eigenvalue weighted by Crippen LogP contribution is 2.39. The highest BCUT2D eigenvalue weighted by Gasteiger charge is 2.41. The molecule has 136 valence electrons. The third-order valence-corrected chi connectivity index (χ3v) is 6.43. The number of rotatable bonds is 2. The number of halogens is 2. The molecule has 1 aromatic carbocycles. The molecule has 0 saturated carbocycles. The summed E-state index contributed by atoms with van der Waals surface area (Å²) >= 11 is 1.33. The van der Waals surface area contributed by atoms with Crippen molar-refractivity contribution in [2.75, 3.05) is 36.0 Å². The number of aromatic nitrogens is 2. The van der Waals surface area contributed by atoms with Gasteiger partial charge in [0.1, 0.15) is 23.2 Å². The Hall–Kier alpha value is -2.79. The van der Waals surface area contributed by atoms with Crippen molar-refractivity contribution in [3.05, 3.63) is 47.7 Å². The number of hydrogen-bond donors (Lipinski definition) is 0. The first kappa shape index (κ1) is 16.4. The van der Waals surface area contributed by atoms with Crippen molar-refractivity contribution in [2.24, 2.45) is 11.8 Å². The van der Waals surface area contributed by atoms with E-state index in [-0.39, 0.29) is 5.52 Å². The monoisotopic (exact) mass is 383 g/mol. The summed E-state index contributed by atoms with van der Waals surface area (Å²) < 4.78 is 27.9. The van der Waals surface area contributed by atoms with Gasteiger partial charge in [-0.15, -0.1) is 0 Å². The summed E-state index contributed by atoms with van der Waals surface area (Å²) in [6, 6.07) is 7.98. The van der Waals surface area contributed by atoms with Crippen molar-refractivity contribution in [1.82, 2.24) is 9.97 Å². The van der Waals surface area contributed by atoms with Gasteiger partial charge in [0.15, 0.2) is 10.9 Å². The maximum absolute atomic E-state index is 13.9. The fourth-order valence-corrected chi connectivity index (χ4v) is 5.16. The van der Waals surface area contributed by atoms with Gasteiger partial charge in [0, 0.05) is 50.3 Å². The van der Waals surface area contributed by atoms with E-state index in [1.54, 1.807) is 18.3 Å². The summed E-state index contributed by atoms with van der Waals surface area (Å²) in [4.78, 5) is 13.1. The van der Waals surface area contributed by atoms with Crippen LogP contribution in [0.1, 0.15) is 5.56 Å². The first-order valence-electron chi connectivity index (χ1n) is 8.73. The van der Waals surface area contributed by atoms with E-state index in [9.17, 15) is 14.0 Å². The van der Waals surface area contributed by atoms with Gasteiger partial charge in [0.05, 0.1) is 10.3 Å². The Balaban J connectivity index is 1.36. The van der Waals surface area contributed by atoms with Gasteiger partial charge in [-0.1, -0.05) is 11.3 Å². The second-order valence-corrected chi connectivity index (χ2v) is 8.06. The van der Waals surface area contributed by atoms with Crippen LogP contribution in [0, 0.1) is 34.8 Å². The maximum atomic E-state index is 13.9. The zero-order valence-electron chi connectivity index (χ0n) is 14.3. The molecular weight excluding hydrogens is 368 g/mol. The molecule has 0 radical (unpaired) electrons. The number of anilines is 2. The summed E-state index contributed by atoms with van der Waals surface area (Å²) in [5, 5.41) is 10.0. The number of nitrogens with zero attached hydrogens (tertiary/aromatic N) is 5. The average Bonchev–Trinajstić information content (AvgIpc) is 3.33. The van der Waals surface area contributed by atoms with Crippen molar-refractivity contribution in [1.29, 1.82) is 5.26 Å². The molecule has 2 aliphatic heterocycles. The molecule has 5 nitrogen and oxygen atoms in total. The molecule has 8 heteroatoms. The summed E-state index contributed by atoms with van der Waals surface area (Å²) in [7, 11) is 0. The third kappa shape index (κ3) is 2.70. The van der Waals surface area contributed by atoms with E-state index in [1.165, 1.54) is 17.4 Å². The first-order chi connectivity index (χ1) is 13.1. The van der Waals surface area contributed by atoms with E-state index in [0.717, 1.165) is 43.2 Å². The molecule has 3 aromatic rings. The van der Waals surface area contributed by atoms with Gasteiger partial charge in [-0.3, -0.25) is 0 Å². The van der Waals surface area contributed by atoms with Crippen molar-refractivity contribution in [2.45, 2.75) is 0 Å². The molecule has 0 aliphatic carbocycles. The van der Waals surface area contributed by atoms with Crippen LogP contribution in [0.2, 0.25) is 0 Å². The van der Waals surface area contributed by atoms with E-state index in [4.69, 9.17) is 0 Å². The zero-order chi connectivity index (χ0) is 18.5. The van der Waals surface area contributed by atoms with Crippen molar-refractivity contribution < 1.29 is 8.78 Å². The molecule has 4 heterocycles. The number of nitriles is 1. The molecule has 0 bridgehead atoms. The number of fused-ring (bicyclic) bond motifs is 2. The van der Waals surface area contributed by atoms with Gasteiger partial charge in [-0.25, -0.2) is 18.7 Å². The van der Waals surface area contributed by atoms with Gasteiger partial charge >= 0.3 is 0 Å². The van der Waals surface area contributed by atoms with Gasteiger partial charge < -0.3 is 9.80 Å².